The second-order valence-electron chi connectivity index (χ2n) is 2.23. The number of hydrogen-bond acceptors (Lipinski definition) is 1. The average Bonchev–Trinajstić information content (AvgIpc) is 2.08. The van der Waals surface area contributed by atoms with E-state index in [1.165, 1.54) is 6.07 Å². The Morgan fingerprint density at radius 3 is 2.62 bits per heavy atom. The fourth-order valence-corrected chi connectivity index (χ4v) is 1.75. The summed E-state index contributed by atoms with van der Waals surface area (Å²) < 4.78 is 25.2. The van der Waals surface area contributed by atoms with Crippen molar-refractivity contribution in [3.05, 3.63) is 26.9 Å². The SMILES string of the molecule is FC(F)c1cc(Br)c(Cl)nc1CBr. The van der Waals surface area contributed by atoms with Gasteiger partial charge in [0.25, 0.3) is 6.43 Å². The summed E-state index contributed by atoms with van der Waals surface area (Å²) in [4.78, 5) is 3.80. The van der Waals surface area contributed by atoms with Crippen LogP contribution in [0.1, 0.15) is 17.7 Å². The van der Waals surface area contributed by atoms with Gasteiger partial charge in [-0.3, -0.25) is 0 Å². The first-order chi connectivity index (χ1) is 6.06. The Balaban J connectivity index is 3.25. The molecule has 13 heavy (non-hydrogen) atoms. The molecule has 0 bridgehead atoms. The molecule has 0 atom stereocenters. The molecule has 1 heterocycles. The van der Waals surface area contributed by atoms with Crippen molar-refractivity contribution < 1.29 is 8.78 Å². The molecule has 0 saturated carbocycles. The predicted molar refractivity (Wildman–Crippen MR) is 54.5 cm³/mol. The topological polar surface area (TPSA) is 12.9 Å². The number of rotatable bonds is 2. The Bertz CT molecular complexity index is 320. The molecule has 0 fully saturated rings. The summed E-state index contributed by atoms with van der Waals surface area (Å²) in [5, 5.41) is 0.457. The largest absolute Gasteiger partial charge is 0.265 e. The number of pyridine rings is 1. The van der Waals surface area contributed by atoms with Crippen LogP contribution in [0.3, 0.4) is 0 Å². The number of halogens is 5. The highest BCUT2D eigenvalue weighted by Crippen LogP contribution is 2.30. The third-order valence-electron chi connectivity index (χ3n) is 1.41. The zero-order valence-corrected chi connectivity index (χ0v) is 10.1. The maximum atomic E-state index is 12.4. The zero-order chi connectivity index (χ0) is 10.0. The number of alkyl halides is 3. The van der Waals surface area contributed by atoms with Crippen LogP contribution in [0.4, 0.5) is 8.78 Å². The molecule has 0 unspecified atom stereocenters. The Labute approximate surface area is 95.8 Å². The highest BCUT2D eigenvalue weighted by atomic mass is 79.9. The molecule has 72 valence electrons. The van der Waals surface area contributed by atoms with Gasteiger partial charge in [-0.15, -0.1) is 0 Å². The molecule has 0 N–H and O–H groups in total. The van der Waals surface area contributed by atoms with Gasteiger partial charge >= 0.3 is 0 Å². The molecule has 0 aliphatic rings. The van der Waals surface area contributed by atoms with E-state index in [4.69, 9.17) is 11.6 Å². The first-order valence-electron chi connectivity index (χ1n) is 3.25. The number of aromatic nitrogens is 1. The van der Waals surface area contributed by atoms with Crippen LogP contribution in [0.25, 0.3) is 0 Å². The van der Waals surface area contributed by atoms with E-state index >= 15 is 0 Å². The highest BCUT2D eigenvalue weighted by Gasteiger charge is 2.15. The van der Waals surface area contributed by atoms with Crippen molar-refractivity contribution in [2.75, 3.05) is 0 Å². The minimum Gasteiger partial charge on any atom is -0.239 e. The van der Waals surface area contributed by atoms with Crippen LogP contribution in [0.2, 0.25) is 5.15 Å². The Morgan fingerprint density at radius 2 is 2.15 bits per heavy atom. The van der Waals surface area contributed by atoms with E-state index in [2.05, 4.69) is 36.8 Å². The molecule has 0 spiro atoms. The van der Waals surface area contributed by atoms with Crippen LogP contribution in [0.5, 0.6) is 0 Å². The number of nitrogens with zero attached hydrogens (tertiary/aromatic N) is 1. The highest BCUT2D eigenvalue weighted by molar-refractivity contribution is 9.10. The maximum absolute atomic E-state index is 12.4. The van der Waals surface area contributed by atoms with Gasteiger partial charge in [-0.2, -0.15) is 0 Å². The molecule has 0 amide bonds. The lowest BCUT2D eigenvalue weighted by atomic mass is 10.2. The van der Waals surface area contributed by atoms with E-state index in [9.17, 15) is 8.78 Å². The number of hydrogen-bond donors (Lipinski definition) is 0. The molecule has 1 aromatic rings. The summed E-state index contributed by atoms with van der Waals surface area (Å²) in [7, 11) is 0. The van der Waals surface area contributed by atoms with Crippen molar-refractivity contribution in [3.8, 4) is 0 Å². The normalized spacial score (nSPS) is 10.9. The van der Waals surface area contributed by atoms with Gasteiger partial charge < -0.3 is 0 Å². The monoisotopic (exact) mass is 333 g/mol. The molecule has 0 radical (unpaired) electrons. The van der Waals surface area contributed by atoms with Gasteiger partial charge in [0.2, 0.25) is 0 Å². The van der Waals surface area contributed by atoms with Crippen LogP contribution in [0.15, 0.2) is 10.5 Å². The molecule has 0 aliphatic carbocycles. The van der Waals surface area contributed by atoms with Crippen LogP contribution in [0, 0.1) is 0 Å². The van der Waals surface area contributed by atoms with Crippen LogP contribution >= 0.6 is 43.5 Å². The van der Waals surface area contributed by atoms with E-state index in [0.717, 1.165) is 0 Å². The lowest BCUT2D eigenvalue weighted by molar-refractivity contribution is 0.150. The van der Waals surface area contributed by atoms with Gasteiger partial charge in [-0.1, -0.05) is 27.5 Å². The Kier molecular flexibility index (Phi) is 4.06. The van der Waals surface area contributed by atoms with Crippen LogP contribution < -0.4 is 0 Å². The summed E-state index contributed by atoms with van der Waals surface area (Å²) in [6, 6.07) is 1.29. The standard InChI is InChI=1S/C7H4Br2ClF2N/c8-2-5-3(7(11)12)1-4(9)6(10)13-5/h1,7H,2H2. The third-order valence-corrected chi connectivity index (χ3v) is 3.06. The van der Waals surface area contributed by atoms with E-state index in [1.807, 2.05) is 0 Å². The molecular weight excluding hydrogens is 331 g/mol. The van der Waals surface area contributed by atoms with Crippen molar-refractivity contribution in [2.24, 2.45) is 0 Å². The predicted octanol–water partition coefficient (Wildman–Crippen LogP) is 4.33. The summed E-state index contributed by atoms with van der Waals surface area (Å²) >= 11 is 11.7. The van der Waals surface area contributed by atoms with Gasteiger partial charge in [-0.25, -0.2) is 13.8 Å². The fraction of sp³-hybridized carbons (Fsp3) is 0.286. The average molecular weight is 335 g/mol. The second-order valence-corrected chi connectivity index (χ2v) is 4.00. The van der Waals surface area contributed by atoms with E-state index in [0.29, 0.717) is 4.47 Å². The molecule has 1 rings (SSSR count). The quantitative estimate of drug-likeness (QED) is 0.579. The third kappa shape index (κ3) is 2.60. The van der Waals surface area contributed by atoms with Crippen molar-refractivity contribution in [1.29, 1.82) is 0 Å². The van der Waals surface area contributed by atoms with Crippen molar-refractivity contribution >= 4 is 43.5 Å². The van der Waals surface area contributed by atoms with Crippen molar-refractivity contribution in [2.45, 2.75) is 11.8 Å². The summed E-state index contributed by atoms with van der Waals surface area (Å²) in [5.74, 6) is 0. The summed E-state index contributed by atoms with van der Waals surface area (Å²) in [6.07, 6.45) is -2.53. The molecule has 1 aromatic heterocycles. The van der Waals surface area contributed by atoms with Gasteiger partial charge in [0.15, 0.2) is 0 Å². The smallest absolute Gasteiger partial charge is 0.239 e. The molecule has 0 aromatic carbocycles. The van der Waals surface area contributed by atoms with Gasteiger partial charge in [0, 0.05) is 10.9 Å². The maximum Gasteiger partial charge on any atom is 0.265 e. The first kappa shape index (κ1) is 11.3. The van der Waals surface area contributed by atoms with Crippen LogP contribution in [-0.4, -0.2) is 4.98 Å². The van der Waals surface area contributed by atoms with E-state index in [-0.39, 0.29) is 21.7 Å². The summed E-state index contributed by atoms with van der Waals surface area (Å²) in [6.45, 7) is 0. The van der Waals surface area contributed by atoms with Gasteiger partial charge in [0.1, 0.15) is 5.15 Å². The van der Waals surface area contributed by atoms with Gasteiger partial charge in [-0.05, 0) is 22.0 Å². The lowest BCUT2D eigenvalue weighted by Gasteiger charge is -2.06. The first-order valence-corrected chi connectivity index (χ1v) is 5.54. The fourth-order valence-electron chi connectivity index (χ4n) is 0.812. The van der Waals surface area contributed by atoms with Gasteiger partial charge in [0.05, 0.1) is 10.2 Å². The summed E-state index contributed by atoms with van der Waals surface area (Å²) in [5.41, 5.74) is 0.163. The Hall–Kier alpha value is 0.260. The molecule has 1 nitrogen and oxygen atoms in total. The van der Waals surface area contributed by atoms with E-state index in [1.54, 1.807) is 0 Å². The molecular formula is C7H4Br2ClF2N. The molecule has 0 saturated heterocycles. The van der Waals surface area contributed by atoms with Crippen LogP contribution in [-0.2, 0) is 5.33 Å². The van der Waals surface area contributed by atoms with E-state index < -0.39 is 6.43 Å². The van der Waals surface area contributed by atoms with Crippen molar-refractivity contribution in [1.82, 2.24) is 4.98 Å². The minimum absolute atomic E-state index is 0.104. The Morgan fingerprint density at radius 1 is 1.54 bits per heavy atom. The zero-order valence-electron chi connectivity index (χ0n) is 6.20. The minimum atomic E-state index is -2.53. The molecule has 6 heteroatoms. The second kappa shape index (κ2) is 4.66. The lowest BCUT2D eigenvalue weighted by Crippen LogP contribution is -1.96. The van der Waals surface area contributed by atoms with Crippen molar-refractivity contribution in [3.63, 3.8) is 0 Å². The molecule has 0 aliphatic heterocycles.